The number of nitrogens with zero attached hydrogens (tertiary/aromatic N) is 2. The predicted octanol–water partition coefficient (Wildman–Crippen LogP) is 1.66. The minimum atomic E-state index is -0.627. The van der Waals surface area contributed by atoms with E-state index in [9.17, 15) is 14.7 Å². The van der Waals surface area contributed by atoms with E-state index in [2.05, 4.69) is 34.5 Å². The molecule has 0 aromatic heterocycles. The first-order valence-corrected chi connectivity index (χ1v) is 12.0. The van der Waals surface area contributed by atoms with Gasteiger partial charge in [-0.2, -0.15) is 0 Å². The average Bonchev–Trinajstić information content (AvgIpc) is 3.28. The molecular weight excluding hydrogens is 418 g/mol. The standard InChI is InChI=1S/C26H35N3O4/c1-18-24(8-5-9-25(18)33-23-11-13-29(17-23)19(2)30)26(32)27-14-22(31)16-28-12-10-20-6-3-4-7-21(20)15-28/h3-9,18,22-23,25,31H,10-17H2,1-2H3,(H,27,32). The Bertz CT molecular complexity index is 928. The first-order chi connectivity index (χ1) is 15.9. The van der Waals surface area contributed by atoms with Crippen LogP contribution in [0.1, 0.15) is 31.4 Å². The molecule has 0 spiro atoms. The molecule has 7 nitrogen and oxygen atoms in total. The monoisotopic (exact) mass is 453 g/mol. The van der Waals surface area contributed by atoms with Gasteiger partial charge in [-0.25, -0.2) is 0 Å². The van der Waals surface area contributed by atoms with Gasteiger partial charge in [0.05, 0.1) is 18.3 Å². The summed E-state index contributed by atoms with van der Waals surface area (Å²) in [5, 5.41) is 13.4. The van der Waals surface area contributed by atoms with E-state index in [0.717, 1.165) is 25.9 Å². The van der Waals surface area contributed by atoms with E-state index in [4.69, 9.17) is 4.74 Å². The summed E-state index contributed by atoms with van der Waals surface area (Å²) in [5.74, 6) is -0.196. The van der Waals surface area contributed by atoms with E-state index >= 15 is 0 Å². The van der Waals surface area contributed by atoms with Crippen LogP contribution in [-0.2, 0) is 27.3 Å². The highest BCUT2D eigenvalue weighted by atomic mass is 16.5. The number of aliphatic hydroxyl groups excluding tert-OH is 1. The predicted molar refractivity (Wildman–Crippen MR) is 126 cm³/mol. The maximum absolute atomic E-state index is 12.8. The Labute approximate surface area is 196 Å². The number of hydrogen-bond donors (Lipinski definition) is 2. The van der Waals surface area contributed by atoms with E-state index in [1.807, 2.05) is 25.2 Å². The fourth-order valence-corrected chi connectivity index (χ4v) is 4.94. The number of carbonyl (C=O) groups excluding carboxylic acids is 2. The number of carbonyl (C=O) groups is 2. The van der Waals surface area contributed by atoms with Crippen LogP contribution in [0.2, 0.25) is 0 Å². The zero-order valence-corrected chi connectivity index (χ0v) is 19.6. The summed E-state index contributed by atoms with van der Waals surface area (Å²) in [7, 11) is 0. The minimum absolute atomic E-state index is 0.00935. The summed E-state index contributed by atoms with van der Waals surface area (Å²) >= 11 is 0. The van der Waals surface area contributed by atoms with Crippen molar-refractivity contribution in [1.29, 1.82) is 0 Å². The number of ether oxygens (including phenoxy) is 1. The van der Waals surface area contributed by atoms with Gasteiger partial charge in [0.15, 0.2) is 0 Å². The van der Waals surface area contributed by atoms with E-state index in [0.29, 0.717) is 25.2 Å². The van der Waals surface area contributed by atoms with Crippen LogP contribution in [-0.4, -0.2) is 77.8 Å². The molecule has 1 aromatic rings. The summed E-state index contributed by atoms with van der Waals surface area (Å²) < 4.78 is 6.22. The maximum Gasteiger partial charge on any atom is 0.247 e. The van der Waals surface area contributed by atoms with Crippen LogP contribution in [0.15, 0.2) is 48.1 Å². The van der Waals surface area contributed by atoms with Crippen LogP contribution >= 0.6 is 0 Å². The van der Waals surface area contributed by atoms with Crippen molar-refractivity contribution < 1.29 is 19.4 Å². The number of rotatable bonds is 7. The molecule has 4 atom stereocenters. The van der Waals surface area contributed by atoms with Crippen LogP contribution < -0.4 is 5.32 Å². The lowest BCUT2D eigenvalue weighted by Crippen LogP contribution is -2.43. The number of fused-ring (bicyclic) bond motifs is 1. The summed E-state index contributed by atoms with van der Waals surface area (Å²) in [4.78, 5) is 28.4. The van der Waals surface area contributed by atoms with Gasteiger partial charge < -0.3 is 20.1 Å². The molecule has 0 saturated carbocycles. The molecular formula is C26H35N3O4. The van der Waals surface area contributed by atoms with E-state index in [1.165, 1.54) is 11.1 Å². The highest BCUT2D eigenvalue weighted by Gasteiger charge is 2.32. The third kappa shape index (κ3) is 5.91. The van der Waals surface area contributed by atoms with Crippen molar-refractivity contribution in [2.45, 2.75) is 51.5 Å². The quantitative estimate of drug-likeness (QED) is 0.656. The molecule has 33 heavy (non-hydrogen) atoms. The van der Waals surface area contributed by atoms with Crippen molar-refractivity contribution in [3.8, 4) is 0 Å². The molecule has 1 fully saturated rings. The summed E-state index contributed by atoms with van der Waals surface area (Å²) in [5.41, 5.74) is 3.35. The lowest BCUT2D eigenvalue weighted by atomic mass is 9.90. The molecule has 1 aliphatic carbocycles. The van der Waals surface area contributed by atoms with Crippen LogP contribution in [0.5, 0.6) is 0 Å². The zero-order chi connectivity index (χ0) is 23.4. The van der Waals surface area contributed by atoms with Crippen molar-refractivity contribution in [2.24, 2.45) is 5.92 Å². The number of likely N-dealkylation sites (tertiary alicyclic amines) is 1. The van der Waals surface area contributed by atoms with Gasteiger partial charge >= 0.3 is 0 Å². The minimum Gasteiger partial charge on any atom is -0.390 e. The van der Waals surface area contributed by atoms with Gasteiger partial charge in [0.1, 0.15) is 0 Å². The van der Waals surface area contributed by atoms with E-state index in [-0.39, 0.29) is 36.5 Å². The SMILES string of the molecule is CC(=O)N1CCC(OC2C=CC=C(C(=O)NCC(O)CN3CCc4ccccc4C3)C2C)C1. The normalized spacial score (nSPS) is 26.0. The summed E-state index contributed by atoms with van der Waals surface area (Å²) in [6, 6.07) is 8.43. The van der Waals surface area contributed by atoms with Gasteiger partial charge in [0, 0.05) is 57.7 Å². The molecule has 0 radical (unpaired) electrons. The number of hydrogen-bond acceptors (Lipinski definition) is 5. The molecule has 4 unspecified atom stereocenters. The summed E-state index contributed by atoms with van der Waals surface area (Å²) in [6.45, 7) is 7.37. The Morgan fingerprint density at radius 1 is 1.24 bits per heavy atom. The number of benzene rings is 1. The van der Waals surface area contributed by atoms with Gasteiger partial charge in [-0.1, -0.05) is 49.4 Å². The lowest BCUT2D eigenvalue weighted by molar-refractivity contribution is -0.128. The Hall–Kier alpha value is -2.48. The van der Waals surface area contributed by atoms with E-state index in [1.54, 1.807) is 11.8 Å². The van der Waals surface area contributed by atoms with Crippen molar-refractivity contribution in [3.05, 3.63) is 59.2 Å². The van der Waals surface area contributed by atoms with Crippen LogP contribution in [0.3, 0.4) is 0 Å². The van der Waals surface area contributed by atoms with Gasteiger partial charge in [-0.05, 0) is 24.0 Å². The number of β-amino-alcohol motifs (C(OH)–C–C–N with tert-alkyl or cyclic N) is 1. The Kier molecular flexibility index (Phi) is 7.63. The highest BCUT2D eigenvalue weighted by Crippen LogP contribution is 2.26. The fraction of sp³-hybridized carbons (Fsp3) is 0.538. The Morgan fingerprint density at radius 2 is 2.03 bits per heavy atom. The van der Waals surface area contributed by atoms with Gasteiger partial charge in [0.25, 0.3) is 0 Å². The molecule has 0 bridgehead atoms. The first kappa shape index (κ1) is 23.7. The van der Waals surface area contributed by atoms with Crippen molar-refractivity contribution in [2.75, 3.05) is 32.7 Å². The number of amides is 2. The number of aliphatic hydroxyl groups is 1. The topological polar surface area (TPSA) is 82.1 Å². The Morgan fingerprint density at radius 3 is 2.79 bits per heavy atom. The molecule has 1 aromatic carbocycles. The molecule has 2 amide bonds. The Balaban J connectivity index is 1.23. The van der Waals surface area contributed by atoms with Gasteiger partial charge in [-0.15, -0.1) is 0 Å². The van der Waals surface area contributed by atoms with Crippen molar-refractivity contribution >= 4 is 11.8 Å². The van der Waals surface area contributed by atoms with Gasteiger partial charge in [0.2, 0.25) is 11.8 Å². The smallest absolute Gasteiger partial charge is 0.247 e. The van der Waals surface area contributed by atoms with Crippen LogP contribution in [0, 0.1) is 5.92 Å². The molecule has 3 aliphatic rings. The van der Waals surface area contributed by atoms with Crippen molar-refractivity contribution in [1.82, 2.24) is 15.1 Å². The molecule has 2 aliphatic heterocycles. The molecule has 1 saturated heterocycles. The van der Waals surface area contributed by atoms with Crippen LogP contribution in [0.25, 0.3) is 0 Å². The molecule has 2 heterocycles. The molecule has 2 N–H and O–H groups in total. The third-order valence-corrected chi connectivity index (χ3v) is 6.94. The van der Waals surface area contributed by atoms with Crippen molar-refractivity contribution in [3.63, 3.8) is 0 Å². The van der Waals surface area contributed by atoms with Crippen LogP contribution in [0.4, 0.5) is 0 Å². The number of allylic oxidation sites excluding steroid dienone is 2. The third-order valence-electron chi connectivity index (χ3n) is 6.94. The average molecular weight is 454 g/mol. The number of nitrogens with one attached hydrogen (secondary N) is 1. The molecule has 7 heteroatoms. The first-order valence-electron chi connectivity index (χ1n) is 12.0. The molecule has 178 valence electrons. The largest absolute Gasteiger partial charge is 0.390 e. The molecule has 4 rings (SSSR count). The second-order valence-electron chi connectivity index (χ2n) is 9.39. The summed E-state index contributed by atoms with van der Waals surface area (Å²) in [6.07, 6.45) is 6.62. The van der Waals surface area contributed by atoms with Gasteiger partial charge in [-0.3, -0.25) is 14.5 Å². The second kappa shape index (κ2) is 10.6. The lowest BCUT2D eigenvalue weighted by Gasteiger charge is -2.31. The van der Waals surface area contributed by atoms with E-state index < -0.39 is 6.10 Å². The highest BCUT2D eigenvalue weighted by molar-refractivity contribution is 5.94. The second-order valence-corrected chi connectivity index (χ2v) is 9.39. The maximum atomic E-state index is 12.8. The zero-order valence-electron chi connectivity index (χ0n) is 19.6. The fourth-order valence-electron chi connectivity index (χ4n) is 4.94.